The molecule has 1 aromatic carbocycles. The van der Waals surface area contributed by atoms with Crippen LogP contribution in [0.25, 0.3) is 0 Å². The van der Waals surface area contributed by atoms with E-state index in [1.54, 1.807) is 37.5 Å². The number of benzene rings is 1. The van der Waals surface area contributed by atoms with Gasteiger partial charge in [0.25, 0.3) is 0 Å². The number of aryl methyl sites for hydroxylation is 1. The fourth-order valence-electron chi connectivity index (χ4n) is 1.65. The maximum absolute atomic E-state index is 12.2. The zero-order chi connectivity index (χ0) is 14.0. The predicted molar refractivity (Wildman–Crippen MR) is 76.2 cm³/mol. The highest BCUT2D eigenvalue weighted by Gasteiger charge is 2.19. The molecule has 0 amide bonds. The van der Waals surface area contributed by atoms with Gasteiger partial charge in [-0.15, -0.1) is 0 Å². The molecular formula is C12H14BrN3O2S. The number of nitrogens with one attached hydrogen (secondary N) is 2. The molecular weight excluding hydrogens is 330 g/mol. The first-order valence-electron chi connectivity index (χ1n) is 5.67. The van der Waals surface area contributed by atoms with E-state index in [4.69, 9.17) is 0 Å². The van der Waals surface area contributed by atoms with Gasteiger partial charge in [-0.2, -0.15) is 5.10 Å². The summed E-state index contributed by atoms with van der Waals surface area (Å²) >= 11 is 3.35. The molecule has 19 heavy (non-hydrogen) atoms. The number of hydrogen-bond donors (Lipinski definition) is 2. The van der Waals surface area contributed by atoms with E-state index in [1.165, 1.54) is 0 Å². The predicted octanol–water partition coefficient (Wildman–Crippen LogP) is 2.52. The molecule has 0 bridgehead atoms. The number of nitrogens with zero attached hydrogens (tertiary/aromatic N) is 1. The maximum Gasteiger partial charge on any atom is 0.241 e. The van der Waals surface area contributed by atoms with E-state index in [0.717, 1.165) is 15.6 Å². The van der Waals surface area contributed by atoms with Crippen LogP contribution in [0.15, 0.2) is 40.0 Å². The molecule has 5 nitrogen and oxygen atoms in total. The summed E-state index contributed by atoms with van der Waals surface area (Å²) in [5.41, 5.74) is 1.66. The Morgan fingerprint density at radius 3 is 2.74 bits per heavy atom. The Balaban J connectivity index is 2.25. The average Bonchev–Trinajstić information content (AvgIpc) is 2.85. The molecule has 0 aliphatic heterocycles. The van der Waals surface area contributed by atoms with Crippen molar-refractivity contribution < 1.29 is 8.42 Å². The molecule has 0 aliphatic carbocycles. The molecule has 102 valence electrons. The third kappa shape index (κ3) is 3.23. The zero-order valence-electron chi connectivity index (χ0n) is 10.5. The van der Waals surface area contributed by atoms with E-state index < -0.39 is 10.0 Å². The van der Waals surface area contributed by atoms with Crippen molar-refractivity contribution in [2.24, 2.45) is 0 Å². The summed E-state index contributed by atoms with van der Waals surface area (Å²) in [4.78, 5) is 0.253. The summed E-state index contributed by atoms with van der Waals surface area (Å²) in [6, 6.07) is 4.59. The van der Waals surface area contributed by atoms with Crippen LogP contribution in [0.3, 0.4) is 0 Å². The van der Waals surface area contributed by atoms with Crippen LogP contribution in [0, 0.1) is 6.92 Å². The normalized spacial score (nSPS) is 13.4. The second-order valence-corrected chi connectivity index (χ2v) is 6.85. The molecule has 0 aliphatic rings. The molecule has 2 rings (SSSR count). The first-order valence-corrected chi connectivity index (χ1v) is 7.95. The smallest absolute Gasteiger partial charge is 0.241 e. The average molecular weight is 344 g/mol. The van der Waals surface area contributed by atoms with E-state index in [0.29, 0.717) is 0 Å². The third-order valence-electron chi connectivity index (χ3n) is 2.79. The molecule has 0 saturated heterocycles. The minimum atomic E-state index is -3.54. The molecule has 1 heterocycles. The minimum absolute atomic E-state index is 0.253. The third-order valence-corrected chi connectivity index (χ3v) is 5.22. The fraction of sp³-hybridized carbons (Fsp3) is 0.250. The van der Waals surface area contributed by atoms with Gasteiger partial charge >= 0.3 is 0 Å². The van der Waals surface area contributed by atoms with Crippen molar-refractivity contribution in [3.63, 3.8) is 0 Å². The summed E-state index contributed by atoms with van der Waals surface area (Å²) in [6.45, 7) is 3.62. The molecule has 2 N–H and O–H groups in total. The van der Waals surface area contributed by atoms with E-state index >= 15 is 0 Å². The summed E-state index contributed by atoms with van der Waals surface area (Å²) in [7, 11) is -3.54. The molecule has 0 spiro atoms. The SMILES string of the molecule is Cc1cc(S(=O)(=O)NC(C)c2cn[nH]c2)ccc1Br. The second kappa shape index (κ2) is 5.44. The van der Waals surface area contributed by atoms with Gasteiger partial charge in [0.2, 0.25) is 10.0 Å². The summed E-state index contributed by atoms with van der Waals surface area (Å²) in [5.74, 6) is 0. The molecule has 0 fully saturated rings. The summed E-state index contributed by atoms with van der Waals surface area (Å²) in [6.07, 6.45) is 3.26. The molecule has 1 atom stereocenters. The van der Waals surface area contributed by atoms with Crippen molar-refractivity contribution in [2.45, 2.75) is 24.8 Å². The Bertz CT molecular complexity index is 668. The number of rotatable bonds is 4. The fourth-order valence-corrected chi connectivity index (χ4v) is 3.21. The lowest BCUT2D eigenvalue weighted by Gasteiger charge is -2.13. The highest BCUT2D eigenvalue weighted by atomic mass is 79.9. The molecule has 7 heteroatoms. The van der Waals surface area contributed by atoms with Crippen LogP contribution >= 0.6 is 15.9 Å². The van der Waals surface area contributed by atoms with Crippen LogP contribution in [0.1, 0.15) is 24.1 Å². The van der Waals surface area contributed by atoms with Crippen LogP contribution in [-0.2, 0) is 10.0 Å². The molecule has 1 aromatic heterocycles. The van der Waals surface area contributed by atoms with E-state index in [1.807, 2.05) is 6.92 Å². The van der Waals surface area contributed by atoms with E-state index in [-0.39, 0.29) is 10.9 Å². The second-order valence-electron chi connectivity index (χ2n) is 4.29. The van der Waals surface area contributed by atoms with Crippen LogP contribution in [0.2, 0.25) is 0 Å². The van der Waals surface area contributed by atoms with E-state index in [9.17, 15) is 8.42 Å². The lowest BCUT2D eigenvalue weighted by Crippen LogP contribution is -2.26. The topological polar surface area (TPSA) is 74.8 Å². The highest BCUT2D eigenvalue weighted by Crippen LogP contribution is 2.21. The largest absolute Gasteiger partial charge is 0.285 e. The van der Waals surface area contributed by atoms with Gasteiger partial charge in [-0.1, -0.05) is 15.9 Å². The lowest BCUT2D eigenvalue weighted by atomic mass is 10.2. The van der Waals surface area contributed by atoms with Gasteiger partial charge in [-0.25, -0.2) is 13.1 Å². The first kappa shape index (κ1) is 14.2. The van der Waals surface area contributed by atoms with Gasteiger partial charge in [0.1, 0.15) is 0 Å². The maximum atomic E-state index is 12.2. The lowest BCUT2D eigenvalue weighted by molar-refractivity contribution is 0.567. The Labute approximate surface area is 120 Å². The Hall–Kier alpha value is -1.18. The number of aromatic nitrogens is 2. The molecule has 1 unspecified atom stereocenters. The number of sulfonamides is 1. The van der Waals surface area contributed by atoms with Crippen molar-refractivity contribution in [2.75, 3.05) is 0 Å². The van der Waals surface area contributed by atoms with Crippen molar-refractivity contribution in [1.82, 2.24) is 14.9 Å². The molecule has 0 radical (unpaired) electrons. The van der Waals surface area contributed by atoms with Crippen LogP contribution in [0.4, 0.5) is 0 Å². The van der Waals surface area contributed by atoms with Crippen LogP contribution in [-0.4, -0.2) is 18.6 Å². The Kier molecular flexibility index (Phi) is 4.07. The van der Waals surface area contributed by atoms with Gasteiger partial charge in [-0.05, 0) is 37.6 Å². The zero-order valence-corrected chi connectivity index (χ0v) is 12.9. The number of H-pyrrole nitrogens is 1. The Morgan fingerprint density at radius 1 is 1.42 bits per heavy atom. The standard InChI is InChI=1S/C12H14BrN3O2S/c1-8-5-11(3-4-12(8)13)19(17,18)16-9(2)10-6-14-15-7-10/h3-7,9,16H,1-2H3,(H,14,15). The summed E-state index contributed by atoms with van der Waals surface area (Å²) in [5, 5.41) is 6.47. The first-order chi connectivity index (χ1) is 8.90. The molecule has 0 saturated carbocycles. The van der Waals surface area contributed by atoms with Crippen LogP contribution in [0.5, 0.6) is 0 Å². The highest BCUT2D eigenvalue weighted by molar-refractivity contribution is 9.10. The number of halogens is 1. The van der Waals surface area contributed by atoms with Gasteiger partial charge in [0.15, 0.2) is 0 Å². The van der Waals surface area contributed by atoms with Crippen molar-refractivity contribution >= 4 is 26.0 Å². The number of hydrogen-bond acceptors (Lipinski definition) is 3. The molecule has 2 aromatic rings. The van der Waals surface area contributed by atoms with E-state index in [2.05, 4.69) is 30.8 Å². The summed E-state index contributed by atoms with van der Waals surface area (Å²) < 4.78 is 28.0. The number of aromatic amines is 1. The van der Waals surface area contributed by atoms with Crippen molar-refractivity contribution in [1.29, 1.82) is 0 Å². The monoisotopic (exact) mass is 343 g/mol. The minimum Gasteiger partial charge on any atom is -0.285 e. The van der Waals surface area contributed by atoms with Crippen molar-refractivity contribution in [3.05, 3.63) is 46.2 Å². The Morgan fingerprint density at radius 2 is 2.16 bits per heavy atom. The van der Waals surface area contributed by atoms with Gasteiger partial charge in [0, 0.05) is 22.3 Å². The van der Waals surface area contributed by atoms with Crippen LogP contribution < -0.4 is 4.72 Å². The van der Waals surface area contributed by atoms with Gasteiger partial charge in [-0.3, -0.25) is 5.10 Å². The van der Waals surface area contributed by atoms with Crippen molar-refractivity contribution in [3.8, 4) is 0 Å². The van der Waals surface area contributed by atoms with Gasteiger partial charge < -0.3 is 0 Å². The van der Waals surface area contributed by atoms with Gasteiger partial charge in [0.05, 0.1) is 11.1 Å². The quantitative estimate of drug-likeness (QED) is 0.895.